The Kier molecular flexibility index (Phi) is 3.54. The van der Waals surface area contributed by atoms with E-state index in [4.69, 9.17) is 10.5 Å². The van der Waals surface area contributed by atoms with E-state index in [0.717, 1.165) is 5.56 Å². The molecule has 2 aromatic rings. The van der Waals surface area contributed by atoms with Gasteiger partial charge in [0.15, 0.2) is 0 Å². The van der Waals surface area contributed by atoms with Gasteiger partial charge in [0.2, 0.25) is 0 Å². The summed E-state index contributed by atoms with van der Waals surface area (Å²) < 4.78 is 19.3. The van der Waals surface area contributed by atoms with Crippen LogP contribution in [-0.4, -0.2) is 0 Å². The Balaban J connectivity index is 1.89. The maximum atomic E-state index is 13.3. The Morgan fingerprint density at radius 1 is 1.24 bits per heavy atom. The molecule has 0 bridgehead atoms. The topological polar surface area (TPSA) is 35.2 Å². The van der Waals surface area contributed by atoms with Crippen molar-refractivity contribution < 1.29 is 9.13 Å². The minimum Gasteiger partial charge on any atom is -0.484 e. The van der Waals surface area contributed by atoms with Gasteiger partial charge in [-0.1, -0.05) is 20.8 Å². The van der Waals surface area contributed by atoms with Crippen LogP contribution in [0.4, 0.5) is 4.39 Å². The first-order valence-electron chi connectivity index (χ1n) is 7.16. The van der Waals surface area contributed by atoms with Crippen molar-refractivity contribution in [3.63, 3.8) is 0 Å². The first-order valence-corrected chi connectivity index (χ1v) is 7.98. The van der Waals surface area contributed by atoms with Crippen LogP contribution in [0.15, 0.2) is 30.3 Å². The van der Waals surface area contributed by atoms with Crippen molar-refractivity contribution >= 4 is 11.3 Å². The number of nitrogens with two attached hydrogens (primary N) is 1. The molecule has 1 aliphatic heterocycles. The molecule has 1 unspecified atom stereocenters. The number of hydrogen-bond donors (Lipinski definition) is 1. The Morgan fingerprint density at radius 2 is 2.00 bits per heavy atom. The Bertz CT molecular complexity index is 659. The third kappa shape index (κ3) is 2.83. The van der Waals surface area contributed by atoms with E-state index in [1.165, 1.54) is 21.9 Å². The molecule has 1 aromatic heterocycles. The molecule has 2 N–H and O–H groups in total. The second-order valence-corrected chi connectivity index (χ2v) is 7.70. The molecule has 0 spiro atoms. The van der Waals surface area contributed by atoms with Gasteiger partial charge >= 0.3 is 0 Å². The maximum absolute atomic E-state index is 13.3. The van der Waals surface area contributed by atoms with Crippen molar-refractivity contribution in [2.75, 3.05) is 0 Å². The van der Waals surface area contributed by atoms with Crippen LogP contribution in [0.2, 0.25) is 0 Å². The van der Waals surface area contributed by atoms with Crippen LogP contribution in [0.5, 0.6) is 5.75 Å². The normalized spacial score (nSPS) is 21.8. The first kappa shape index (κ1) is 14.5. The van der Waals surface area contributed by atoms with Crippen molar-refractivity contribution in [3.8, 4) is 5.75 Å². The van der Waals surface area contributed by atoms with Gasteiger partial charge in [0.05, 0.1) is 0 Å². The zero-order valence-electron chi connectivity index (χ0n) is 12.5. The largest absolute Gasteiger partial charge is 0.484 e. The first-order chi connectivity index (χ1) is 9.84. The van der Waals surface area contributed by atoms with Gasteiger partial charge in [-0.3, -0.25) is 0 Å². The van der Waals surface area contributed by atoms with E-state index >= 15 is 0 Å². The molecule has 0 saturated carbocycles. The highest BCUT2D eigenvalue weighted by Crippen LogP contribution is 2.42. The van der Waals surface area contributed by atoms with Gasteiger partial charge in [0, 0.05) is 27.8 Å². The Hall–Kier alpha value is -1.39. The summed E-state index contributed by atoms with van der Waals surface area (Å²) in [6.07, 6.45) is 0.639. The monoisotopic (exact) mass is 305 g/mol. The fourth-order valence-electron chi connectivity index (χ4n) is 2.58. The second kappa shape index (κ2) is 5.11. The van der Waals surface area contributed by atoms with Gasteiger partial charge in [-0.05, 0) is 35.7 Å². The van der Waals surface area contributed by atoms with Crippen molar-refractivity contribution in [2.45, 2.75) is 44.8 Å². The maximum Gasteiger partial charge on any atom is 0.135 e. The summed E-state index contributed by atoms with van der Waals surface area (Å²) in [6.45, 7) is 6.61. The standard InChI is InChI=1S/C17H20FNOS/c1-17(2,3)16-7-6-15(21-16)14-9-12(19)11-8-10(18)4-5-13(11)20-14/h4-8,12,14H,9,19H2,1-3H3/t12-,14?/m1/s1. The summed E-state index contributed by atoms with van der Waals surface area (Å²) in [7, 11) is 0. The third-order valence-corrected chi connectivity index (χ3v) is 5.39. The highest BCUT2D eigenvalue weighted by Gasteiger charge is 2.29. The molecule has 1 aliphatic rings. The van der Waals surface area contributed by atoms with E-state index in [2.05, 4.69) is 32.9 Å². The molecule has 0 amide bonds. The summed E-state index contributed by atoms with van der Waals surface area (Å²) in [5, 5.41) is 0. The highest BCUT2D eigenvalue weighted by molar-refractivity contribution is 7.12. The number of hydrogen-bond acceptors (Lipinski definition) is 3. The minimum atomic E-state index is -0.266. The average Bonchev–Trinajstić information content (AvgIpc) is 2.89. The van der Waals surface area contributed by atoms with Crippen LogP contribution < -0.4 is 10.5 Å². The number of thiophene rings is 1. The summed E-state index contributed by atoms with van der Waals surface area (Å²) in [4.78, 5) is 2.52. The van der Waals surface area contributed by atoms with Crippen LogP contribution in [0.3, 0.4) is 0 Å². The van der Waals surface area contributed by atoms with E-state index in [0.29, 0.717) is 12.2 Å². The van der Waals surface area contributed by atoms with Gasteiger partial charge in [-0.15, -0.1) is 11.3 Å². The van der Waals surface area contributed by atoms with Crippen molar-refractivity contribution in [1.29, 1.82) is 0 Å². The summed E-state index contributed by atoms with van der Waals surface area (Å²) in [5.41, 5.74) is 7.10. The van der Waals surface area contributed by atoms with Gasteiger partial charge < -0.3 is 10.5 Å². The molecule has 2 heterocycles. The molecule has 2 atom stereocenters. The molecular formula is C17H20FNOS. The summed E-state index contributed by atoms with van der Waals surface area (Å²) in [6, 6.07) is 8.67. The molecule has 2 nitrogen and oxygen atoms in total. The fourth-order valence-corrected chi connectivity index (χ4v) is 3.69. The van der Waals surface area contributed by atoms with Gasteiger partial charge in [0.1, 0.15) is 17.7 Å². The minimum absolute atomic E-state index is 0.0425. The Labute approximate surface area is 128 Å². The summed E-state index contributed by atoms with van der Waals surface area (Å²) >= 11 is 1.77. The lowest BCUT2D eigenvalue weighted by molar-refractivity contribution is 0.164. The van der Waals surface area contributed by atoms with Crippen molar-refractivity contribution in [3.05, 3.63) is 51.5 Å². The summed E-state index contributed by atoms with van der Waals surface area (Å²) in [5.74, 6) is 0.434. The van der Waals surface area contributed by atoms with Crippen LogP contribution in [0.25, 0.3) is 0 Å². The van der Waals surface area contributed by atoms with E-state index in [1.807, 2.05) is 0 Å². The molecule has 0 saturated heterocycles. The van der Waals surface area contributed by atoms with Crippen LogP contribution >= 0.6 is 11.3 Å². The predicted molar refractivity (Wildman–Crippen MR) is 84.3 cm³/mol. The van der Waals surface area contributed by atoms with Crippen molar-refractivity contribution in [2.24, 2.45) is 5.73 Å². The smallest absolute Gasteiger partial charge is 0.135 e. The van der Waals surface area contributed by atoms with Gasteiger partial charge in [-0.25, -0.2) is 4.39 Å². The zero-order chi connectivity index (χ0) is 15.2. The van der Waals surface area contributed by atoms with Crippen LogP contribution in [-0.2, 0) is 5.41 Å². The highest BCUT2D eigenvalue weighted by atomic mass is 32.1. The molecule has 4 heteroatoms. The molecule has 21 heavy (non-hydrogen) atoms. The van der Waals surface area contributed by atoms with Gasteiger partial charge in [-0.2, -0.15) is 0 Å². The molecule has 0 radical (unpaired) electrons. The lowest BCUT2D eigenvalue weighted by Crippen LogP contribution is -2.23. The number of rotatable bonds is 1. The second-order valence-electron chi connectivity index (χ2n) is 6.58. The fraction of sp³-hybridized carbons (Fsp3) is 0.412. The van der Waals surface area contributed by atoms with E-state index < -0.39 is 0 Å². The molecule has 1 aromatic carbocycles. The molecule has 0 aliphatic carbocycles. The van der Waals surface area contributed by atoms with E-state index in [-0.39, 0.29) is 23.4 Å². The lowest BCUT2D eigenvalue weighted by atomic mass is 9.94. The Morgan fingerprint density at radius 3 is 2.67 bits per heavy atom. The molecule has 3 rings (SSSR count). The SMILES string of the molecule is CC(C)(C)c1ccc(C2C[C@@H](N)c3cc(F)ccc3O2)s1. The van der Waals surface area contributed by atoms with Gasteiger partial charge in [0.25, 0.3) is 0 Å². The van der Waals surface area contributed by atoms with E-state index in [9.17, 15) is 4.39 Å². The number of ether oxygens (including phenoxy) is 1. The number of halogens is 1. The predicted octanol–water partition coefficient (Wildman–Crippen LogP) is 4.71. The molecule has 112 valence electrons. The molecule has 0 fully saturated rings. The average molecular weight is 305 g/mol. The quantitative estimate of drug-likeness (QED) is 0.828. The number of benzene rings is 1. The third-order valence-electron chi connectivity index (χ3n) is 3.79. The van der Waals surface area contributed by atoms with Crippen LogP contribution in [0, 0.1) is 5.82 Å². The number of fused-ring (bicyclic) bond motifs is 1. The molecular weight excluding hydrogens is 285 g/mol. The van der Waals surface area contributed by atoms with Crippen LogP contribution in [0.1, 0.15) is 54.7 Å². The van der Waals surface area contributed by atoms with E-state index in [1.54, 1.807) is 17.4 Å². The lowest BCUT2D eigenvalue weighted by Gasteiger charge is -2.29. The van der Waals surface area contributed by atoms with Crippen molar-refractivity contribution in [1.82, 2.24) is 0 Å². The zero-order valence-corrected chi connectivity index (χ0v) is 13.3.